The fourth-order valence-corrected chi connectivity index (χ4v) is 5.19. The molecule has 162 valence electrons. The van der Waals surface area contributed by atoms with Crippen LogP contribution in [0.25, 0.3) is 37.8 Å². The molecule has 0 fully saturated rings. The Morgan fingerprint density at radius 3 is 2.70 bits per heavy atom. The molecule has 1 aromatic carbocycles. The minimum Gasteiger partial charge on any atom is -0.322 e. The first-order chi connectivity index (χ1) is 16.2. The van der Waals surface area contributed by atoms with E-state index in [9.17, 15) is 4.79 Å². The molecule has 6 rings (SSSR count). The first kappa shape index (κ1) is 19.8. The van der Waals surface area contributed by atoms with Gasteiger partial charge in [-0.1, -0.05) is 18.2 Å². The third-order valence-corrected chi connectivity index (χ3v) is 7.12. The van der Waals surface area contributed by atoms with Gasteiger partial charge in [0.15, 0.2) is 10.6 Å². The molecule has 0 unspecified atom stereocenters. The van der Waals surface area contributed by atoms with E-state index < -0.39 is 0 Å². The number of benzene rings is 1. The van der Waals surface area contributed by atoms with Crippen molar-refractivity contribution in [1.82, 2.24) is 24.1 Å². The van der Waals surface area contributed by atoms with Crippen molar-refractivity contribution >= 4 is 50.3 Å². The summed E-state index contributed by atoms with van der Waals surface area (Å²) >= 11 is 3.20. The minimum absolute atomic E-state index is 0.189. The number of hydrogen-bond acceptors (Lipinski definition) is 6. The van der Waals surface area contributed by atoms with E-state index in [1.165, 1.54) is 0 Å². The van der Waals surface area contributed by atoms with E-state index in [2.05, 4.69) is 15.4 Å². The molecule has 5 aromatic heterocycles. The fraction of sp³-hybridized carbons (Fsp3) is 0.0833. The minimum atomic E-state index is -0.189. The van der Waals surface area contributed by atoms with Crippen LogP contribution in [0.4, 0.5) is 5.69 Å². The van der Waals surface area contributed by atoms with Crippen LogP contribution < -0.4 is 5.32 Å². The van der Waals surface area contributed by atoms with Gasteiger partial charge in [0.25, 0.3) is 5.91 Å². The number of aromatic nitrogens is 5. The van der Waals surface area contributed by atoms with E-state index in [1.54, 1.807) is 28.9 Å². The number of aryl methyl sites for hydroxylation is 1. The number of imidazole rings is 1. The Bertz CT molecular complexity index is 1560. The number of thiophene rings is 1. The predicted octanol–water partition coefficient (Wildman–Crippen LogP) is 5.81. The maximum Gasteiger partial charge on any atom is 0.256 e. The molecular weight excluding hydrogens is 452 g/mol. The summed E-state index contributed by atoms with van der Waals surface area (Å²) in [4.78, 5) is 24.7. The zero-order valence-electron chi connectivity index (χ0n) is 17.6. The van der Waals surface area contributed by atoms with Crippen molar-refractivity contribution in [2.45, 2.75) is 13.5 Å². The lowest BCUT2D eigenvalue weighted by Gasteiger charge is -2.09. The van der Waals surface area contributed by atoms with E-state index >= 15 is 0 Å². The van der Waals surface area contributed by atoms with Crippen LogP contribution in [0, 0.1) is 0 Å². The number of hydrogen-bond donors (Lipinski definition) is 1. The second-order valence-electron chi connectivity index (χ2n) is 7.48. The smallest absolute Gasteiger partial charge is 0.256 e. The average molecular weight is 471 g/mol. The number of thiazole rings is 1. The summed E-state index contributed by atoms with van der Waals surface area (Å²) in [7, 11) is 0. The highest BCUT2D eigenvalue weighted by Gasteiger charge is 2.18. The van der Waals surface area contributed by atoms with E-state index in [0.29, 0.717) is 17.8 Å². The highest BCUT2D eigenvalue weighted by Crippen LogP contribution is 2.29. The number of pyridine rings is 1. The highest BCUT2D eigenvalue weighted by atomic mass is 32.1. The largest absolute Gasteiger partial charge is 0.322 e. The molecule has 9 heteroatoms. The molecular formula is C24H18N6OS2. The molecule has 0 aliphatic carbocycles. The molecule has 5 heterocycles. The van der Waals surface area contributed by atoms with Gasteiger partial charge < -0.3 is 5.32 Å². The van der Waals surface area contributed by atoms with Crippen LogP contribution in [0.3, 0.4) is 0 Å². The van der Waals surface area contributed by atoms with Gasteiger partial charge in [0.2, 0.25) is 0 Å². The maximum atomic E-state index is 13.3. The number of anilines is 1. The molecule has 0 aliphatic heterocycles. The van der Waals surface area contributed by atoms with E-state index in [0.717, 1.165) is 37.9 Å². The Labute approximate surface area is 197 Å². The van der Waals surface area contributed by atoms with Crippen molar-refractivity contribution in [3.05, 3.63) is 77.4 Å². The summed E-state index contributed by atoms with van der Waals surface area (Å²) < 4.78 is 3.82. The van der Waals surface area contributed by atoms with E-state index in [4.69, 9.17) is 4.98 Å². The average Bonchev–Trinajstić information content (AvgIpc) is 3.62. The predicted molar refractivity (Wildman–Crippen MR) is 133 cm³/mol. The van der Waals surface area contributed by atoms with Gasteiger partial charge in [0, 0.05) is 35.6 Å². The molecule has 0 saturated carbocycles. The van der Waals surface area contributed by atoms with Crippen molar-refractivity contribution in [3.8, 4) is 21.8 Å². The van der Waals surface area contributed by atoms with Crippen LogP contribution in [0.15, 0.2) is 71.8 Å². The molecule has 7 nitrogen and oxygen atoms in total. The van der Waals surface area contributed by atoms with E-state index in [-0.39, 0.29) is 5.91 Å². The summed E-state index contributed by atoms with van der Waals surface area (Å²) in [5.74, 6) is -0.189. The Morgan fingerprint density at radius 1 is 1.06 bits per heavy atom. The number of nitrogens with one attached hydrogen (secondary N) is 1. The van der Waals surface area contributed by atoms with E-state index in [1.807, 2.05) is 81.6 Å². The van der Waals surface area contributed by atoms with Gasteiger partial charge in [-0.15, -0.1) is 22.7 Å². The molecule has 6 aromatic rings. The van der Waals surface area contributed by atoms with Crippen molar-refractivity contribution in [2.75, 3.05) is 5.32 Å². The second kappa shape index (κ2) is 7.95. The number of amides is 1. The Balaban J connectivity index is 1.32. The van der Waals surface area contributed by atoms with Crippen molar-refractivity contribution < 1.29 is 4.79 Å². The van der Waals surface area contributed by atoms with Crippen LogP contribution in [0.1, 0.15) is 17.3 Å². The first-order valence-electron chi connectivity index (χ1n) is 10.4. The number of rotatable bonds is 5. The normalized spacial score (nSPS) is 11.4. The molecule has 1 amide bonds. The monoisotopic (exact) mass is 470 g/mol. The summed E-state index contributed by atoms with van der Waals surface area (Å²) in [5, 5.41) is 12.2. The molecule has 0 radical (unpaired) electrons. The van der Waals surface area contributed by atoms with Crippen LogP contribution in [0.2, 0.25) is 0 Å². The number of nitrogens with zero attached hydrogens (tertiary/aromatic N) is 5. The van der Waals surface area contributed by atoms with Crippen molar-refractivity contribution in [2.24, 2.45) is 0 Å². The van der Waals surface area contributed by atoms with Gasteiger partial charge in [0.1, 0.15) is 0 Å². The molecule has 0 aliphatic rings. The highest BCUT2D eigenvalue weighted by molar-refractivity contribution is 7.15. The van der Waals surface area contributed by atoms with Gasteiger partial charge in [-0.25, -0.2) is 14.6 Å². The number of carbonyl (C=O) groups excluding carboxylic acids is 1. The quantitative estimate of drug-likeness (QED) is 0.345. The Hall–Kier alpha value is -3.82. The number of fused-ring (bicyclic) bond motifs is 2. The lowest BCUT2D eigenvalue weighted by molar-refractivity contribution is 0.102. The molecule has 0 bridgehead atoms. The van der Waals surface area contributed by atoms with Crippen molar-refractivity contribution in [1.29, 1.82) is 0 Å². The molecule has 0 atom stereocenters. The molecule has 1 N–H and O–H groups in total. The standard InChI is InChI=1S/C24H18N6OS2/c1-2-30-22-18(13-25-30)17(12-19(27-22)21-4-3-10-32-21)23(31)26-16-7-5-15(6-8-16)20-14-29-9-11-33-24(29)28-20/h3-14H,2H2,1H3,(H,26,31). The summed E-state index contributed by atoms with van der Waals surface area (Å²) in [5.41, 5.74) is 4.66. The zero-order chi connectivity index (χ0) is 22.4. The van der Waals surface area contributed by atoms with Crippen LogP contribution in [0.5, 0.6) is 0 Å². The fourth-order valence-electron chi connectivity index (χ4n) is 3.81. The van der Waals surface area contributed by atoms with Crippen LogP contribution in [-0.4, -0.2) is 30.1 Å². The lowest BCUT2D eigenvalue weighted by Crippen LogP contribution is -2.13. The maximum absolute atomic E-state index is 13.3. The Kier molecular flexibility index (Phi) is 4.78. The third-order valence-electron chi connectivity index (χ3n) is 5.46. The lowest BCUT2D eigenvalue weighted by atomic mass is 10.1. The number of carbonyl (C=O) groups is 1. The second-order valence-corrected chi connectivity index (χ2v) is 9.30. The summed E-state index contributed by atoms with van der Waals surface area (Å²) in [6.07, 6.45) is 5.71. The van der Waals surface area contributed by atoms with Crippen molar-refractivity contribution in [3.63, 3.8) is 0 Å². The first-order valence-corrected chi connectivity index (χ1v) is 12.2. The van der Waals surface area contributed by atoms with Gasteiger partial charge in [-0.2, -0.15) is 5.10 Å². The summed E-state index contributed by atoms with van der Waals surface area (Å²) in [6.45, 7) is 2.69. The topological polar surface area (TPSA) is 77.1 Å². The van der Waals surface area contributed by atoms with Gasteiger partial charge >= 0.3 is 0 Å². The molecule has 0 saturated heterocycles. The van der Waals surface area contributed by atoms with Crippen LogP contribution >= 0.6 is 22.7 Å². The molecule has 0 spiro atoms. The zero-order valence-corrected chi connectivity index (χ0v) is 19.2. The van der Waals surface area contributed by atoms with Gasteiger partial charge in [0.05, 0.1) is 33.4 Å². The SMILES string of the molecule is CCn1ncc2c(C(=O)Nc3ccc(-c4cn5ccsc5n4)cc3)cc(-c3cccs3)nc21. The van der Waals surface area contributed by atoms with Gasteiger partial charge in [-0.05, 0) is 36.6 Å². The van der Waals surface area contributed by atoms with Gasteiger partial charge in [-0.3, -0.25) is 9.20 Å². The third kappa shape index (κ3) is 3.51. The Morgan fingerprint density at radius 2 is 1.94 bits per heavy atom. The molecule has 33 heavy (non-hydrogen) atoms. The van der Waals surface area contributed by atoms with Crippen LogP contribution in [-0.2, 0) is 6.54 Å². The summed E-state index contributed by atoms with van der Waals surface area (Å²) in [6, 6.07) is 13.6.